The molecule has 0 aliphatic carbocycles. The van der Waals surface area contributed by atoms with Gasteiger partial charge in [-0.25, -0.2) is 4.98 Å². The lowest BCUT2D eigenvalue weighted by molar-refractivity contribution is -0.129. The number of carbonyl (C=O) groups excluding carboxylic acids is 3. The first-order valence-electron chi connectivity index (χ1n) is 15.5. The Labute approximate surface area is 264 Å². The summed E-state index contributed by atoms with van der Waals surface area (Å²) in [6, 6.07) is 2.43. The Morgan fingerprint density at radius 1 is 0.889 bits per heavy atom. The molecule has 3 amide bonds. The first-order valence-corrected chi connectivity index (χ1v) is 15.5. The average Bonchev–Trinajstić information content (AvgIpc) is 3.53. The van der Waals surface area contributed by atoms with E-state index >= 15 is 0 Å². The first kappa shape index (κ1) is 36.8. The summed E-state index contributed by atoms with van der Waals surface area (Å²) in [4.78, 5) is 48.1. The largest absolute Gasteiger partial charge is 0.508 e. The van der Waals surface area contributed by atoms with Crippen LogP contribution < -0.4 is 38.5 Å². The van der Waals surface area contributed by atoms with E-state index in [1.807, 2.05) is 0 Å². The van der Waals surface area contributed by atoms with Gasteiger partial charge in [-0.3, -0.25) is 19.4 Å². The fourth-order valence-electron chi connectivity index (χ4n) is 4.50. The molecule has 0 aliphatic rings. The number of phenols is 2. The number of nitrogens with two attached hydrogens (primary N) is 3. The zero-order valence-corrected chi connectivity index (χ0v) is 25.9. The molecule has 1 heterocycles. The van der Waals surface area contributed by atoms with Gasteiger partial charge in [0.25, 0.3) is 0 Å². The number of aromatic amines is 1. The van der Waals surface area contributed by atoms with E-state index in [1.54, 1.807) is 0 Å². The van der Waals surface area contributed by atoms with E-state index in [-0.39, 0.29) is 35.7 Å². The van der Waals surface area contributed by atoms with Gasteiger partial charge in [0.15, 0.2) is 5.96 Å². The minimum absolute atomic E-state index is 0.00923. The molecule has 250 valence electrons. The second-order valence-electron chi connectivity index (χ2n) is 10.9. The zero-order chi connectivity index (χ0) is 32.9. The molecule has 0 fully saturated rings. The van der Waals surface area contributed by atoms with Crippen LogP contribution in [0.25, 0.3) is 0 Å². The van der Waals surface area contributed by atoms with Gasteiger partial charge in [-0.1, -0.05) is 31.7 Å². The molecule has 2 atom stereocenters. The molecule has 0 saturated carbocycles. The van der Waals surface area contributed by atoms with Crippen LogP contribution in [0, 0.1) is 0 Å². The number of H-pyrrole nitrogens is 1. The standard InChI is InChI=1S/C30H50N10O5/c31-23(11-16-38-30(32)33)28(44)36-14-8-4-6-13-34-12-5-2-1-3-7-15-37-29(45)27(24-19-35-20-39-24)40-26(43)17-21-9-10-22(41)18-25(21)42/h9-10,18-20,23,27,34,41-42H,1-8,11-17,31H2,(H,35,39)(H,36,44)(H,37,45)(H,40,43)(H4,32,33,38)/t23-,27-/m0/s1. The number of phenolic OH excluding ortho intramolecular Hbond substituents is 2. The summed E-state index contributed by atoms with van der Waals surface area (Å²) in [5, 5.41) is 31.3. The van der Waals surface area contributed by atoms with Crippen molar-refractivity contribution in [2.75, 3.05) is 32.7 Å². The number of aromatic nitrogens is 2. The minimum Gasteiger partial charge on any atom is -0.508 e. The molecule has 2 rings (SSSR count). The number of amides is 3. The van der Waals surface area contributed by atoms with E-state index < -0.39 is 18.0 Å². The predicted molar refractivity (Wildman–Crippen MR) is 172 cm³/mol. The fourth-order valence-corrected chi connectivity index (χ4v) is 4.50. The third kappa shape index (κ3) is 15.8. The summed E-state index contributed by atoms with van der Waals surface area (Å²) in [7, 11) is 0. The van der Waals surface area contributed by atoms with Gasteiger partial charge in [0.1, 0.15) is 17.5 Å². The maximum atomic E-state index is 12.9. The highest BCUT2D eigenvalue weighted by Gasteiger charge is 2.24. The van der Waals surface area contributed by atoms with Crippen molar-refractivity contribution in [2.45, 2.75) is 76.3 Å². The van der Waals surface area contributed by atoms with Gasteiger partial charge in [-0.05, 0) is 51.3 Å². The Hall–Kier alpha value is -4.37. The number of carbonyl (C=O) groups is 3. The number of rotatable bonds is 23. The van der Waals surface area contributed by atoms with Crippen molar-refractivity contribution in [3.8, 4) is 11.5 Å². The molecular formula is C30H50N10O5. The Morgan fingerprint density at radius 2 is 1.51 bits per heavy atom. The van der Waals surface area contributed by atoms with Crippen LogP contribution in [0.15, 0.2) is 35.7 Å². The van der Waals surface area contributed by atoms with Crippen LogP contribution in [0.5, 0.6) is 11.5 Å². The molecule has 15 nitrogen and oxygen atoms in total. The van der Waals surface area contributed by atoms with Crippen molar-refractivity contribution in [3.63, 3.8) is 0 Å². The number of unbranched alkanes of at least 4 members (excludes halogenated alkanes) is 6. The van der Waals surface area contributed by atoms with Crippen LogP contribution in [0.3, 0.4) is 0 Å². The number of guanidine groups is 1. The van der Waals surface area contributed by atoms with Crippen LogP contribution in [-0.2, 0) is 20.8 Å². The lowest BCUT2D eigenvalue weighted by Crippen LogP contribution is -2.41. The third-order valence-corrected chi connectivity index (χ3v) is 7.05. The van der Waals surface area contributed by atoms with E-state index in [1.165, 1.54) is 24.7 Å². The topological polar surface area (TPSA) is 259 Å². The summed E-state index contributed by atoms with van der Waals surface area (Å²) in [6.45, 7) is 3.30. The van der Waals surface area contributed by atoms with Gasteiger partial charge in [-0.15, -0.1) is 0 Å². The maximum absolute atomic E-state index is 12.9. The SMILES string of the molecule is NC(N)=NCC[C@H](N)C(=O)NCCCCCNCCCCCCCNC(=O)[C@@H](NC(=O)Cc1ccc(O)cc1O)c1cnc[nH]1. The number of imidazole rings is 1. The highest BCUT2D eigenvalue weighted by molar-refractivity contribution is 5.89. The van der Waals surface area contributed by atoms with E-state index in [0.29, 0.717) is 37.3 Å². The molecule has 13 N–H and O–H groups in total. The van der Waals surface area contributed by atoms with Crippen molar-refractivity contribution in [2.24, 2.45) is 22.2 Å². The number of hydrogen-bond donors (Lipinski definition) is 10. The van der Waals surface area contributed by atoms with Crippen molar-refractivity contribution in [1.82, 2.24) is 31.2 Å². The smallest absolute Gasteiger partial charge is 0.248 e. The summed E-state index contributed by atoms with van der Waals surface area (Å²) < 4.78 is 0. The van der Waals surface area contributed by atoms with Crippen LogP contribution in [0.4, 0.5) is 0 Å². The number of aromatic hydroxyl groups is 2. The van der Waals surface area contributed by atoms with Crippen molar-refractivity contribution in [1.29, 1.82) is 0 Å². The normalized spacial score (nSPS) is 12.2. The maximum Gasteiger partial charge on any atom is 0.248 e. The van der Waals surface area contributed by atoms with Crippen LogP contribution in [0.1, 0.15) is 75.1 Å². The van der Waals surface area contributed by atoms with Gasteiger partial charge in [0.05, 0.1) is 30.7 Å². The fraction of sp³-hybridized carbons (Fsp3) is 0.567. The van der Waals surface area contributed by atoms with Crippen molar-refractivity contribution < 1.29 is 24.6 Å². The third-order valence-electron chi connectivity index (χ3n) is 7.05. The predicted octanol–water partition coefficient (Wildman–Crippen LogP) is 0.155. The molecule has 15 heteroatoms. The molecule has 2 aromatic rings. The quantitative estimate of drug-likeness (QED) is 0.0451. The minimum atomic E-state index is -0.949. The number of nitrogens with zero attached hydrogens (tertiary/aromatic N) is 2. The molecule has 0 saturated heterocycles. The molecule has 0 bridgehead atoms. The monoisotopic (exact) mass is 630 g/mol. The van der Waals surface area contributed by atoms with Gasteiger partial charge < -0.3 is 53.7 Å². The molecule has 0 aliphatic heterocycles. The van der Waals surface area contributed by atoms with Gasteiger partial charge in [0, 0.05) is 31.3 Å². The average molecular weight is 631 g/mol. The number of nitrogens with one attached hydrogen (secondary N) is 5. The lowest BCUT2D eigenvalue weighted by atomic mass is 10.1. The van der Waals surface area contributed by atoms with Gasteiger partial charge >= 0.3 is 0 Å². The van der Waals surface area contributed by atoms with E-state index in [2.05, 4.69) is 36.2 Å². The summed E-state index contributed by atoms with van der Waals surface area (Å²) in [5.74, 6) is -1.30. The van der Waals surface area contributed by atoms with Crippen LogP contribution >= 0.6 is 0 Å². The highest BCUT2D eigenvalue weighted by atomic mass is 16.3. The van der Waals surface area contributed by atoms with E-state index in [4.69, 9.17) is 17.2 Å². The van der Waals surface area contributed by atoms with Crippen LogP contribution in [0.2, 0.25) is 0 Å². The van der Waals surface area contributed by atoms with Gasteiger partial charge in [0.2, 0.25) is 17.7 Å². The van der Waals surface area contributed by atoms with Gasteiger partial charge in [-0.2, -0.15) is 0 Å². The zero-order valence-electron chi connectivity index (χ0n) is 25.9. The summed E-state index contributed by atoms with van der Waals surface area (Å²) >= 11 is 0. The second-order valence-corrected chi connectivity index (χ2v) is 10.9. The van der Waals surface area contributed by atoms with Crippen molar-refractivity contribution in [3.05, 3.63) is 42.0 Å². The molecule has 0 radical (unpaired) electrons. The Kier molecular flexibility index (Phi) is 17.5. The first-order chi connectivity index (χ1) is 21.7. The Balaban J connectivity index is 1.49. The molecule has 1 aromatic heterocycles. The molecular weight excluding hydrogens is 580 g/mol. The van der Waals surface area contributed by atoms with Crippen LogP contribution in [-0.4, -0.2) is 82.6 Å². The van der Waals surface area contributed by atoms with E-state index in [0.717, 1.165) is 70.5 Å². The molecule has 1 aromatic carbocycles. The molecule has 45 heavy (non-hydrogen) atoms. The Morgan fingerprint density at radius 3 is 2.13 bits per heavy atom. The second kappa shape index (κ2) is 21.4. The lowest BCUT2D eigenvalue weighted by Gasteiger charge is -2.17. The van der Waals surface area contributed by atoms with Crippen molar-refractivity contribution >= 4 is 23.7 Å². The highest BCUT2D eigenvalue weighted by Crippen LogP contribution is 2.23. The van der Waals surface area contributed by atoms with E-state index in [9.17, 15) is 24.6 Å². The number of hydrogen-bond acceptors (Lipinski definition) is 9. The molecule has 0 spiro atoms. The summed E-state index contributed by atoms with van der Waals surface area (Å²) in [5.41, 5.74) is 17.1. The number of benzene rings is 1. The number of aliphatic imine (C=N–C) groups is 1. The Bertz CT molecular complexity index is 1190. The molecule has 0 unspecified atom stereocenters. The summed E-state index contributed by atoms with van der Waals surface area (Å²) in [6.07, 6.45) is 11.1.